The zero-order valence-corrected chi connectivity index (χ0v) is 15.7. The maximum atomic E-state index is 5.48. The summed E-state index contributed by atoms with van der Waals surface area (Å²) >= 11 is 7.33. The predicted octanol–water partition coefficient (Wildman–Crippen LogP) is 3.06. The summed E-state index contributed by atoms with van der Waals surface area (Å²) in [5, 5.41) is 5.53. The van der Waals surface area contributed by atoms with Gasteiger partial charge in [-0.2, -0.15) is 4.98 Å². The standard InChI is InChI=1S/C18H20N4OS2/c1-23-14-8-6-13(7-9-14)17-19-18(24)22(20-17)12-21-10-2-4-15(21)16-5-3-11-25-16/h3,5-9,11,15H,2,4,10,12H2,1H3,(H,19,20,24)/p+1/t15-/m0/s1. The second-order valence-corrected chi connectivity index (χ2v) is 7.63. The van der Waals surface area contributed by atoms with E-state index in [1.807, 2.05) is 40.3 Å². The van der Waals surface area contributed by atoms with Crippen LogP contribution in [0.15, 0.2) is 41.8 Å². The number of methoxy groups -OCH3 is 1. The van der Waals surface area contributed by atoms with E-state index in [1.54, 1.807) is 12.0 Å². The van der Waals surface area contributed by atoms with Crippen molar-refractivity contribution in [2.45, 2.75) is 25.6 Å². The van der Waals surface area contributed by atoms with Crippen molar-refractivity contribution in [3.05, 3.63) is 51.4 Å². The summed E-state index contributed by atoms with van der Waals surface area (Å²) in [6.45, 7) is 1.99. The molecule has 25 heavy (non-hydrogen) atoms. The smallest absolute Gasteiger partial charge is 0.221 e. The first kappa shape index (κ1) is 16.5. The quantitative estimate of drug-likeness (QED) is 0.676. The molecular weight excluding hydrogens is 352 g/mol. The van der Waals surface area contributed by atoms with E-state index in [2.05, 4.69) is 27.6 Å². The van der Waals surface area contributed by atoms with Crippen LogP contribution >= 0.6 is 23.6 Å². The van der Waals surface area contributed by atoms with Gasteiger partial charge in [0.05, 0.1) is 18.5 Å². The first-order valence-electron chi connectivity index (χ1n) is 8.44. The molecule has 0 radical (unpaired) electrons. The van der Waals surface area contributed by atoms with Crippen LogP contribution in [0.4, 0.5) is 0 Å². The minimum atomic E-state index is 0.564. The molecule has 0 spiro atoms. The molecule has 1 fully saturated rings. The van der Waals surface area contributed by atoms with E-state index >= 15 is 0 Å². The van der Waals surface area contributed by atoms with Crippen molar-refractivity contribution in [1.82, 2.24) is 14.8 Å². The molecule has 0 bridgehead atoms. The molecule has 130 valence electrons. The van der Waals surface area contributed by atoms with Gasteiger partial charge in [0, 0.05) is 18.4 Å². The predicted molar refractivity (Wildman–Crippen MR) is 102 cm³/mol. The average Bonchev–Trinajstić information content (AvgIpc) is 3.37. The monoisotopic (exact) mass is 373 g/mol. The molecule has 2 N–H and O–H groups in total. The molecule has 3 aromatic rings. The normalized spacial score (nSPS) is 20.0. The number of rotatable bonds is 5. The van der Waals surface area contributed by atoms with E-state index in [9.17, 15) is 0 Å². The molecular formula is C18H21N4OS2+. The van der Waals surface area contributed by atoms with Gasteiger partial charge in [-0.3, -0.25) is 5.10 Å². The van der Waals surface area contributed by atoms with Gasteiger partial charge in [0.25, 0.3) is 0 Å². The second-order valence-electron chi connectivity index (χ2n) is 6.29. The Balaban J connectivity index is 1.55. The summed E-state index contributed by atoms with van der Waals surface area (Å²) in [6.07, 6.45) is 2.49. The van der Waals surface area contributed by atoms with Crippen LogP contribution in [-0.2, 0) is 6.67 Å². The summed E-state index contributed by atoms with van der Waals surface area (Å²) < 4.78 is 7.81. The zero-order chi connectivity index (χ0) is 17.2. The lowest BCUT2D eigenvalue weighted by Crippen LogP contribution is -3.09. The number of ether oxygens (including phenoxy) is 1. The van der Waals surface area contributed by atoms with Crippen LogP contribution in [-0.4, -0.2) is 28.4 Å². The number of quaternary nitrogens is 1. The van der Waals surface area contributed by atoms with Gasteiger partial charge in [-0.1, -0.05) is 6.07 Å². The molecule has 3 heterocycles. The van der Waals surface area contributed by atoms with E-state index in [4.69, 9.17) is 17.0 Å². The molecule has 2 atom stereocenters. The van der Waals surface area contributed by atoms with Crippen LogP contribution in [0.3, 0.4) is 0 Å². The van der Waals surface area contributed by atoms with Crippen LogP contribution in [0.1, 0.15) is 23.8 Å². The van der Waals surface area contributed by atoms with E-state index in [0.717, 1.165) is 23.8 Å². The van der Waals surface area contributed by atoms with Crippen LogP contribution in [0.5, 0.6) is 5.75 Å². The highest BCUT2D eigenvalue weighted by atomic mass is 32.1. The third-order valence-electron chi connectivity index (χ3n) is 4.77. The lowest BCUT2D eigenvalue weighted by atomic mass is 10.2. The van der Waals surface area contributed by atoms with Crippen molar-refractivity contribution >= 4 is 23.6 Å². The lowest BCUT2D eigenvalue weighted by molar-refractivity contribution is -0.941. The number of aromatic amines is 1. The molecule has 1 saturated heterocycles. The topological polar surface area (TPSA) is 47.3 Å². The van der Waals surface area contributed by atoms with E-state index in [1.165, 1.54) is 24.3 Å². The third kappa shape index (κ3) is 3.40. The Morgan fingerprint density at radius 1 is 1.36 bits per heavy atom. The van der Waals surface area contributed by atoms with Crippen molar-refractivity contribution in [2.24, 2.45) is 0 Å². The minimum Gasteiger partial charge on any atom is -0.497 e. The number of hydrogen-bond acceptors (Lipinski definition) is 4. The fourth-order valence-electron chi connectivity index (χ4n) is 3.48. The molecule has 0 saturated carbocycles. The summed E-state index contributed by atoms with van der Waals surface area (Å²) in [7, 11) is 1.67. The maximum Gasteiger partial charge on any atom is 0.221 e. The Morgan fingerprint density at radius 3 is 2.92 bits per heavy atom. The molecule has 1 unspecified atom stereocenters. The number of thiophene rings is 1. The Labute approximate surface area is 155 Å². The molecule has 5 nitrogen and oxygen atoms in total. The molecule has 1 aromatic carbocycles. The number of benzene rings is 1. The highest BCUT2D eigenvalue weighted by molar-refractivity contribution is 7.71. The summed E-state index contributed by atoms with van der Waals surface area (Å²) in [5.74, 6) is 1.64. The minimum absolute atomic E-state index is 0.564. The van der Waals surface area contributed by atoms with Crippen molar-refractivity contribution in [3.8, 4) is 17.1 Å². The number of aromatic nitrogens is 3. The molecule has 0 aliphatic carbocycles. The SMILES string of the molecule is COc1ccc(-c2nc(=S)n(C[NH+]3CCC[C@H]3c3cccs3)[nH]2)cc1. The first-order valence-corrected chi connectivity index (χ1v) is 9.72. The second kappa shape index (κ2) is 7.11. The molecule has 1 aliphatic rings. The summed E-state index contributed by atoms with van der Waals surface area (Å²) in [4.78, 5) is 7.55. The van der Waals surface area contributed by atoms with Gasteiger partial charge in [0.2, 0.25) is 4.77 Å². The van der Waals surface area contributed by atoms with E-state index < -0.39 is 0 Å². The Morgan fingerprint density at radius 2 is 2.20 bits per heavy atom. The molecule has 7 heteroatoms. The van der Waals surface area contributed by atoms with Crippen molar-refractivity contribution in [3.63, 3.8) is 0 Å². The van der Waals surface area contributed by atoms with E-state index in [0.29, 0.717) is 10.8 Å². The molecule has 2 aromatic heterocycles. The number of nitrogens with one attached hydrogen (secondary N) is 2. The van der Waals surface area contributed by atoms with Crippen molar-refractivity contribution in [1.29, 1.82) is 0 Å². The van der Waals surface area contributed by atoms with Crippen LogP contribution in [0.25, 0.3) is 11.4 Å². The Kier molecular flexibility index (Phi) is 4.70. The van der Waals surface area contributed by atoms with Gasteiger partial charge in [-0.05, 0) is 47.9 Å². The van der Waals surface area contributed by atoms with Crippen molar-refractivity contribution < 1.29 is 9.64 Å². The van der Waals surface area contributed by atoms with Crippen molar-refractivity contribution in [2.75, 3.05) is 13.7 Å². The van der Waals surface area contributed by atoms with Gasteiger partial charge in [0.15, 0.2) is 12.5 Å². The van der Waals surface area contributed by atoms with Gasteiger partial charge >= 0.3 is 0 Å². The largest absolute Gasteiger partial charge is 0.497 e. The average molecular weight is 374 g/mol. The fraction of sp³-hybridized carbons (Fsp3) is 0.333. The van der Waals surface area contributed by atoms with Gasteiger partial charge < -0.3 is 9.64 Å². The number of H-pyrrole nitrogens is 1. The zero-order valence-electron chi connectivity index (χ0n) is 14.1. The lowest BCUT2D eigenvalue weighted by Gasteiger charge is -2.20. The Bertz CT molecular complexity index is 883. The maximum absolute atomic E-state index is 5.48. The van der Waals surface area contributed by atoms with Crippen LogP contribution < -0.4 is 9.64 Å². The highest BCUT2D eigenvalue weighted by Gasteiger charge is 2.31. The van der Waals surface area contributed by atoms with E-state index in [-0.39, 0.29) is 0 Å². The molecule has 1 aliphatic heterocycles. The highest BCUT2D eigenvalue weighted by Crippen LogP contribution is 2.23. The van der Waals surface area contributed by atoms with Gasteiger partial charge in [-0.25, -0.2) is 4.68 Å². The molecule has 4 rings (SSSR count). The Hall–Kier alpha value is -1.96. The molecule has 0 amide bonds. The van der Waals surface area contributed by atoms with Crippen LogP contribution in [0.2, 0.25) is 0 Å². The van der Waals surface area contributed by atoms with Gasteiger partial charge in [-0.15, -0.1) is 11.3 Å². The first-order chi connectivity index (χ1) is 12.2. The third-order valence-corrected chi connectivity index (χ3v) is 6.07. The number of hydrogen-bond donors (Lipinski definition) is 2. The number of likely N-dealkylation sites (tertiary alicyclic amines) is 1. The summed E-state index contributed by atoms with van der Waals surface area (Å²) in [5.41, 5.74) is 1.01. The fourth-order valence-corrected chi connectivity index (χ4v) is 4.60. The van der Waals surface area contributed by atoms with Gasteiger partial charge in [0.1, 0.15) is 11.8 Å². The summed E-state index contributed by atoms with van der Waals surface area (Å²) in [6, 6.07) is 12.8. The van der Waals surface area contributed by atoms with Crippen LogP contribution in [0, 0.1) is 4.77 Å². The number of nitrogens with zero attached hydrogens (tertiary/aromatic N) is 2.